The Morgan fingerprint density at radius 2 is 2.04 bits per heavy atom. The predicted molar refractivity (Wildman–Crippen MR) is 103 cm³/mol. The van der Waals surface area contributed by atoms with Crippen molar-refractivity contribution >= 4 is 51.9 Å². The summed E-state index contributed by atoms with van der Waals surface area (Å²) in [5.41, 5.74) is 1.95. The number of nitrogens with zero attached hydrogens (tertiary/aromatic N) is 4. The van der Waals surface area contributed by atoms with Crippen LogP contribution in [-0.4, -0.2) is 47.7 Å². The van der Waals surface area contributed by atoms with Crippen molar-refractivity contribution in [2.75, 3.05) is 11.1 Å². The molecule has 3 heterocycles. The molecule has 1 aliphatic rings. The molecule has 3 N–H and O–H groups in total. The minimum atomic E-state index is -0.898. The van der Waals surface area contributed by atoms with Crippen LogP contribution in [0.15, 0.2) is 30.6 Å². The lowest BCUT2D eigenvalue weighted by Gasteiger charge is -2.17. The average Bonchev–Trinajstić information content (AvgIpc) is 3.18. The zero-order chi connectivity index (χ0) is 18.3. The summed E-state index contributed by atoms with van der Waals surface area (Å²) in [5, 5.41) is 23.5. The fourth-order valence-corrected chi connectivity index (χ4v) is 4.50. The highest BCUT2D eigenvalue weighted by atomic mass is 35.5. The van der Waals surface area contributed by atoms with Gasteiger partial charge < -0.3 is 15.5 Å². The highest BCUT2D eigenvalue weighted by Crippen LogP contribution is 2.38. The van der Waals surface area contributed by atoms with Gasteiger partial charge in [-0.25, -0.2) is 4.98 Å². The van der Waals surface area contributed by atoms with E-state index in [4.69, 9.17) is 23.2 Å². The van der Waals surface area contributed by atoms with Crippen molar-refractivity contribution < 1.29 is 10.2 Å². The highest BCUT2D eigenvalue weighted by molar-refractivity contribution is 7.99. The molecule has 0 radical (unpaired) electrons. The quantitative estimate of drug-likeness (QED) is 0.567. The Morgan fingerprint density at radius 3 is 2.77 bits per heavy atom. The zero-order valence-electron chi connectivity index (χ0n) is 13.4. The summed E-state index contributed by atoms with van der Waals surface area (Å²) < 4.78 is 1.72. The van der Waals surface area contributed by atoms with E-state index in [1.165, 1.54) is 11.8 Å². The van der Waals surface area contributed by atoms with E-state index >= 15 is 0 Å². The second kappa shape index (κ2) is 7.21. The summed E-state index contributed by atoms with van der Waals surface area (Å²) in [6.45, 7) is 0.453. The minimum absolute atomic E-state index is 0.0685. The number of hydrogen-bond acceptors (Lipinski definition) is 7. The van der Waals surface area contributed by atoms with Gasteiger partial charge in [0.05, 0.1) is 12.4 Å². The Bertz CT molecular complexity index is 954. The first-order valence-corrected chi connectivity index (χ1v) is 9.70. The molecule has 0 bridgehead atoms. The van der Waals surface area contributed by atoms with E-state index in [0.717, 1.165) is 5.56 Å². The van der Waals surface area contributed by atoms with Gasteiger partial charge >= 0.3 is 0 Å². The monoisotopic (exact) mass is 411 g/mol. The van der Waals surface area contributed by atoms with Crippen molar-refractivity contribution in [2.24, 2.45) is 0 Å². The minimum Gasteiger partial charge on any atom is -0.389 e. The van der Waals surface area contributed by atoms with Gasteiger partial charge in [-0.1, -0.05) is 29.8 Å². The molecule has 0 spiro atoms. The highest BCUT2D eigenvalue weighted by Gasteiger charge is 2.36. The maximum absolute atomic E-state index is 10.2. The number of fused-ring (bicyclic) bond motifs is 1. The van der Waals surface area contributed by atoms with Crippen molar-refractivity contribution in [2.45, 2.75) is 24.1 Å². The van der Waals surface area contributed by atoms with Gasteiger partial charge in [0.2, 0.25) is 5.28 Å². The third kappa shape index (κ3) is 3.23. The number of aromatic nitrogens is 4. The van der Waals surface area contributed by atoms with Crippen LogP contribution in [0, 0.1) is 0 Å². The number of benzene rings is 1. The number of hydrogen-bond donors (Lipinski definition) is 3. The molecule has 1 aliphatic heterocycles. The van der Waals surface area contributed by atoms with Crippen molar-refractivity contribution in [1.29, 1.82) is 0 Å². The molecule has 0 amide bonds. The Kier molecular flexibility index (Phi) is 4.94. The standard InChI is InChI=1S/C16H15Cl2N5O2S/c17-9-4-2-1-3-8(9)5-19-13-11-14(22-16(18)21-13)23(7-20-11)15-12(25)10(24)6-26-15/h1-4,7,10,12,15,24-25H,5-6H2,(H,19,21,22)/t10-,12?,15?/m0/s1. The SMILES string of the molecule is OC1C(n2cnc3c(NCc4ccccc4Cl)nc(Cl)nc32)SC[C@@H]1O. The molecular formula is C16H15Cl2N5O2S. The molecule has 1 aromatic carbocycles. The normalized spacial score (nSPS) is 22.8. The van der Waals surface area contributed by atoms with Crippen LogP contribution in [0.2, 0.25) is 10.3 Å². The largest absolute Gasteiger partial charge is 0.389 e. The lowest BCUT2D eigenvalue weighted by Crippen LogP contribution is -2.27. The average molecular weight is 412 g/mol. The third-order valence-electron chi connectivity index (χ3n) is 4.20. The number of anilines is 1. The van der Waals surface area contributed by atoms with E-state index in [0.29, 0.717) is 34.3 Å². The molecule has 1 saturated heterocycles. The summed E-state index contributed by atoms with van der Waals surface area (Å²) in [6, 6.07) is 7.51. The third-order valence-corrected chi connectivity index (χ3v) is 6.12. The smallest absolute Gasteiger partial charge is 0.226 e. The summed E-state index contributed by atoms with van der Waals surface area (Å²) in [5.74, 6) is 0.929. The van der Waals surface area contributed by atoms with E-state index in [2.05, 4.69) is 20.3 Å². The molecule has 7 nitrogen and oxygen atoms in total. The number of thioether (sulfide) groups is 1. The summed E-state index contributed by atoms with van der Waals surface area (Å²) >= 11 is 13.7. The van der Waals surface area contributed by atoms with Gasteiger partial charge in [-0.05, 0) is 23.2 Å². The van der Waals surface area contributed by atoms with Gasteiger partial charge in [-0.3, -0.25) is 4.57 Å². The van der Waals surface area contributed by atoms with Gasteiger partial charge in [0.1, 0.15) is 11.5 Å². The molecule has 136 valence electrons. The van der Waals surface area contributed by atoms with Crippen molar-refractivity contribution in [3.05, 3.63) is 46.5 Å². The van der Waals surface area contributed by atoms with Crippen LogP contribution in [0.3, 0.4) is 0 Å². The van der Waals surface area contributed by atoms with Crippen molar-refractivity contribution in [3.8, 4) is 0 Å². The number of imidazole rings is 1. The second-order valence-electron chi connectivity index (χ2n) is 5.89. The van der Waals surface area contributed by atoms with E-state index in [1.807, 2.05) is 24.3 Å². The topological polar surface area (TPSA) is 96.1 Å². The summed E-state index contributed by atoms with van der Waals surface area (Å²) in [4.78, 5) is 12.9. The molecule has 4 rings (SSSR count). The van der Waals surface area contributed by atoms with Crippen LogP contribution in [0.1, 0.15) is 10.9 Å². The van der Waals surface area contributed by atoms with E-state index in [9.17, 15) is 10.2 Å². The molecule has 2 unspecified atom stereocenters. The van der Waals surface area contributed by atoms with Crippen LogP contribution in [-0.2, 0) is 6.54 Å². The van der Waals surface area contributed by atoms with Gasteiger partial charge in [0.15, 0.2) is 17.0 Å². The van der Waals surface area contributed by atoms with Crippen molar-refractivity contribution in [1.82, 2.24) is 19.5 Å². The molecule has 10 heteroatoms. The number of halogens is 2. The maximum atomic E-state index is 10.2. The molecule has 0 saturated carbocycles. The first-order valence-electron chi connectivity index (χ1n) is 7.89. The van der Waals surface area contributed by atoms with Gasteiger partial charge in [0, 0.05) is 17.3 Å². The Morgan fingerprint density at radius 1 is 1.23 bits per heavy atom. The fraction of sp³-hybridized carbons (Fsp3) is 0.312. The molecular weight excluding hydrogens is 397 g/mol. The molecule has 3 atom stereocenters. The summed E-state index contributed by atoms with van der Waals surface area (Å²) in [7, 11) is 0. The van der Waals surface area contributed by atoms with Crippen molar-refractivity contribution in [3.63, 3.8) is 0 Å². The second-order valence-corrected chi connectivity index (χ2v) is 7.79. The predicted octanol–water partition coefficient (Wildman–Crippen LogP) is 2.71. The van der Waals surface area contributed by atoms with E-state index in [1.54, 1.807) is 10.9 Å². The lowest BCUT2D eigenvalue weighted by molar-refractivity contribution is 0.0313. The molecule has 26 heavy (non-hydrogen) atoms. The first-order chi connectivity index (χ1) is 12.5. The number of rotatable bonds is 4. The van der Waals surface area contributed by atoms with Gasteiger partial charge in [-0.2, -0.15) is 9.97 Å². The molecule has 2 aromatic heterocycles. The number of aliphatic hydroxyl groups is 2. The van der Waals surface area contributed by atoms with Crippen LogP contribution < -0.4 is 5.32 Å². The van der Waals surface area contributed by atoms with Crippen LogP contribution in [0.4, 0.5) is 5.82 Å². The van der Waals surface area contributed by atoms with Gasteiger partial charge in [-0.15, -0.1) is 11.8 Å². The molecule has 0 aliphatic carbocycles. The molecule has 3 aromatic rings. The fourth-order valence-electron chi connectivity index (χ4n) is 2.85. The lowest BCUT2D eigenvalue weighted by atomic mass is 10.2. The van der Waals surface area contributed by atoms with Crippen LogP contribution >= 0.6 is 35.0 Å². The number of nitrogens with one attached hydrogen (secondary N) is 1. The Balaban J connectivity index is 1.67. The molecule has 1 fully saturated rings. The Labute approximate surface area is 163 Å². The van der Waals surface area contributed by atoms with Crippen LogP contribution in [0.25, 0.3) is 11.2 Å². The number of aliphatic hydroxyl groups excluding tert-OH is 2. The van der Waals surface area contributed by atoms with Gasteiger partial charge in [0.25, 0.3) is 0 Å². The maximum Gasteiger partial charge on any atom is 0.226 e. The first kappa shape index (κ1) is 17.8. The van der Waals surface area contributed by atoms with Crippen LogP contribution in [0.5, 0.6) is 0 Å². The van der Waals surface area contributed by atoms with E-state index < -0.39 is 12.2 Å². The van der Waals surface area contributed by atoms with E-state index in [-0.39, 0.29) is 10.7 Å². The summed E-state index contributed by atoms with van der Waals surface area (Å²) in [6.07, 6.45) is -0.0989. The Hall–Kier alpha value is -1.58. The zero-order valence-corrected chi connectivity index (χ0v) is 15.7.